The Bertz CT molecular complexity index is 419. The molecule has 1 heterocycles. The molecular weight excluding hydrogens is 236 g/mol. The van der Waals surface area contributed by atoms with Crippen LogP contribution in [0.1, 0.15) is 24.7 Å². The molecule has 0 aliphatic heterocycles. The molecule has 1 amide bonds. The second-order valence-electron chi connectivity index (χ2n) is 3.80. The molecule has 0 aliphatic rings. The second-order valence-corrected chi connectivity index (χ2v) is 3.80. The molecule has 0 saturated carbocycles. The van der Waals surface area contributed by atoms with Crippen LogP contribution >= 0.6 is 0 Å². The lowest BCUT2D eigenvalue weighted by atomic mass is 10.2. The molecule has 0 aromatic carbocycles. The Hall–Kier alpha value is -2.02. The summed E-state index contributed by atoms with van der Waals surface area (Å²) < 4.78 is 0. The monoisotopic (exact) mass is 252 g/mol. The Morgan fingerprint density at radius 3 is 2.50 bits per heavy atom. The van der Waals surface area contributed by atoms with E-state index in [2.05, 4.69) is 15.3 Å². The lowest BCUT2D eigenvalue weighted by molar-refractivity contribution is -0.141. The first kappa shape index (κ1) is 14.0. The number of aliphatic carboxylic acids is 1. The number of nitrogens with zero attached hydrogens (tertiary/aromatic N) is 2. The van der Waals surface area contributed by atoms with E-state index in [1.165, 1.54) is 0 Å². The maximum absolute atomic E-state index is 10.9. The van der Waals surface area contributed by atoms with Gasteiger partial charge in [-0.15, -0.1) is 0 Å². The van der Waals surface area contributed by atoms with E-state index in [0.29, 0.717) is 0 Å². The minimum atomic E-state index is -1.11. The maximum atomic E-state index is 10.9. The molecule has 1 rings (SSSR count). The number of carboxylic acids is 1. The number of hydrogen-bond acceptors (Lipinski definition) is 5. The van der Waals surface area contributed by atoms with Gasteiger partial charge >= 0.3 is 5.97 Å². The van der Waals surface area contributed by atoms with Crippen molar-refractivity contribution in [1.82, 2.24) is 15.3 Å². The molecule has 0 aliphatic carbocycles. The summed E-state index contributed by atoms with van der Waals surface area (Å²) in [7, 11) is 0. The summed E-state index contributed by atoms with van der Waals surface area (Å²) in [5.41, 5.74) is 5.72. The fraction of sp³-hybridized carbons (Fsp3) is 0.455. The highest BCUT2D eigenvalue weighted by atomic mass is 16.4. The fourth-order valence-electron chi connectivity index (χ4n) is 1.34. The highest BCUT2D eigenvalue weighted by Gasteiger charge is 2.19. The number of aromatic nitrogens is 2. The summed E-state index contributed by atoms with van der Waals surface area (Å²) in [6.45, 7) is 2.22. The number of rotatable bonds is 7. The van der Waals surface area contributed by atoms with Crippen LogP contribution in [0.4, 0.5) is 0 Å². The molecular formula is C11H16N4O3. The lowest BCUT2D eigenvalue weighted by Crippen LogP contribution is -2.39. The summed E-state index contributed by atoms with van der Waals surface area (Å²) in [4.78, 5) is 29.7. The third kappa shape index (κ3) is 4.46. The van der Waals surface area contributed by atoms with Gasteiger partial charge in [-0.25, -0.2) is 9.97 Å². The molecule has 1 unspecified atom stereocenters. The summed E-state index contributed by atoms with van der Waals surface area (Å²) in [6.07, 6.45) is 3.75. The molecule has 1 aromatic rings. The number of hydrogen-bond donors (Lipinski definition) is 3. The number of nitrogens with two attached hydrogens (primary N) is 1. The zero-order valence-electron chi connectivity index (χ0n) is 10.1. The quantitative estimate of drug-likeness (QED) is 0.599. The smallest absolute Gasteiger partial charge is 0.321 e. The van der Waals surface area contributed by atoms with Crippen LogP contribution in [0, 0.1) is 0 Å². The molecule has 7 nitrogen and oxygen atoms in total. The van der Waals surface area contributed by atoms with Crippen molar-refractivity contribution in [2.45, 2.75) is 32.4 Å². The van der Waals surface area contributed by atoms with Crippen LogP contribution in [0.2, 0.25) is 0 Å². The topological polar surface area (TPSA) is 118 Å². The van der Waals surface area contributed by atoms with Gasteiger partial charge in [-0.1, -0.05) is 6.92 Å². The number of carbonyl (C=O) groups is 2. The molecule has 1 aromatic heterocycles. The van der Waals surface area contributed by atoms with Crippen molar-refractivity contribution in [1.29, 1.82) is 0 Å². The van der Waals surface area contributed by atoms with E-state index in [1.807, 2.05) is 6.92 Å². The minimum Gasteiger partial charge on any atom is -0.480 e. The van der Waals surface area contributed by atoms with Gasteiger partial charge in [0, 0.05) is 30.9 Å². The van der Waals surface area contributed by atoms with Crippen molar-refractivity contribution in [3.63, 3.8) is 0 Å². The van der Waals surface area contributed by atoms with E-state index in [4.69, 9.17) is 10.8 Å². The molecule has 4 N–H and O–H groups in total. The molecule has 0 fully saturated rings. The third-order valence-corrected chi connectivity index (χ3v) is 2.33. The summed E-state index contributed by atoms with van der Waals surface area (Å²) in [5.74, 6) is -1.04. The number of nitrogens with one attached hydrogen (secondary N) is 1. The molecule has 0 saturated heterocycles. The molecule has 7 heteroatoms. The van der Waals surface area contributed by atoms with Crippen LogP contribution in [0.5, 0.6) is 0 Å². The average molecular weight is 252 g/mol. The molecule has 1 atom stereocenters. The summed E-state index contributed by atoms with van der Waals surface area (Å²) in [6, 6.07) is -0.992. The van der Waals surface area contributed by atoms with Gasteiger partial charge < -0.3 is 10.8 Å². The summed E-state index contributed by atoms with van der Waals surface area (Å²) in [5, 5.41) is 11.6. The predicted molar refractivity (Wildman–Crippen MR) is 63.5 cm³/mol. The summed E-state index contributed by atoms with van der Waals surface area (Å²) >= 11 is 0. The molecule has 0 bridgehead atoms. The molecule has 18 heavy (non-hydrogen) atoms. The van der Waals surface area contributed by atoms with E-state index in [9.17, 15) is 9.59 Å². The van der Waals surface area contributed by atoms with Crippen molar-refractivity contribution in [2.75, 3.05) is 0 Å². The molecule has 0 spiro atoms. The van der Waals surface area contributed by atoms with Crippen molar-refractivity contribution in [2.24, 2.45) is 5.73 Å². The number of aryl methyl sites for hydroxylation is 1. The first-order valence-corrected chi connectivity index (χ1v) is 5.57. The molecule has 0 radical (unpaired) electrons. The van der Waals surface area contributed by atoms with Crippen LogP contribution in [-0.4, -0.2) is 33.0 Å². The molecule has 98 valence electrons. The highest BCUT2D eigenvalue weighted by Crippen LogP contribution is 1.99. The van der Waals surface area contributed by atoms with Gasteiger partial charge in [0.1, 0.15) is 11.9 Å². The Morgan fingerprint density at radius 1 is 1.44 bits per heavy atom. The fourth-order valence-corrected chi connectivity index (χ4v) is 1.34. The number of carboxylic acid groups (broad SMARTS) is 1. The van der Waals surface area contributed by atoms with E-state index in [0.717, 1.165) is 17.8 Å². The SMILES string of the molecule is CCc1ncc(CNC(CC(N)=O)C(=O)O)cn1. The van der Waals surface area contributed by atoms with Crippen LogP contribution in [-0.2, 0) is 22.6 Å². The first-order valence-electron chi connectivity index (χ1n) is 5.57. The average Bonchev–Trinajstić information content (AvgIpc) is 2.34. The van der Waals surface area contributed by atoms with Crippen LogP contribution in [0.15, 0.2) is 12.4 Å². The van der Waals surface area contributed by atoms with Gasteiger partial charge in [-0.05, 0) is 0 Å². The Balaban J connectivity index is 2.55. The van der Waals surface area contributed by atoms with Crippen molar-refractivity contribution in [3.8, 4) is 0 Å². The van der Waals surface area contributed by atoms with E-state index in [1.54, 1.807) is 12.4 Å². The number of primary amides is 1. The van der Waals surface area contributed by atoms with Gasteiger partial charge in [0.15, 0.2) is 0 Å². The second kappa shape index (κ2) is 6.65. The number of amides is 1. The van der Waals surface area contributed by atoms with E-state index in [-0.39, 0.29) is 13.0 Å². The first-order chi connectivity index (χ1) is 8.52. The van der Waals surface area contributed by atoms with Crippen LogP contribution in [0.25, 0.3) is 0 Å². The minimum absolute atomic E-state index is 0.247. The zero-order chi connectivity index (χ0) is 13.5. The van der Waals surface area contributed by atoms with E-state index >= 15 is 0 Å². The van der Waals surface area contributed by atoms with E-state index < -0.39 is 17.9 Å². The van der Waals surface area contributed by atoms with Gasteiger partial charge in [0.05, 0.1) is 6.42 Å². The van der Waals surface area contributed by atoms with Crippen LogP contribution in [0.3, 0.4) is 0 Å². The van der Waals surface area contributed by atoms with Crippen LogP contribution < -0.4 is 11.1 Å². The normalized spacial score (nSPS) is 12.1. The van der Waals surface area contributed by atoms with Gasteiger partial charge in [0.2, 0.25) is 5.91 Å². The zero-order valence-corrected chi connectivity index (χ0v) is 10.1. The predicted octanol–water partition coefficient (Wildman–Crippen LogP) is -0.543. The lowest BCUT2D eigenvalue weighted by Gasteiger charge is -2.12. The van der Waals surface area contributed by atoms with Gasteiger partial charge in [0.25, 0.3) is 0 Å². The van der Waals surface area contributed by atoms with Crippen molar-refractivity contribution in [3.05, 3.63) is 23.8 Å². The van der Waals surface area contributed by atoms with Gasteiger partial charge in [-0.2, -0.15) is 0 Å². The van der Waals surface area contributed by atoms with Gasteiger partial charge in [-0.3, -0.25) is 14.9 Å². The standard InChI is InChI=1S/C11H16N4O3/c1-2-10-14-5-7(6-15-10)4-13-8(11(17)18)3-9(12)16/h5-6,8,13H,2-4H2,1H3,(H2,12,16)(H,17,18). The third-order valence-electron chi connectivity index (χ3n) is 2.33. The Labute approximate surface area is 104 Å². The van der Waals surface area contributed by atoms with Crippen molar-refractivity contribution < 1.29 is 14.7 Å². The van der Waals surface area contributed by atoms with Crippen molar-refractivity contribution >= 4 is 11.9 Å². The largest absolute Gasteiger partial charge is 0.480 e. The maximum Gasteiger partial charge on any atom is 0.321 e. The Morgan fingerprint density at radius 2 is 2.06 bits per heavy atom. The highest BCUT2D eigenvalue weighted by molar-refractivity contribution is 5.83. The Kier molecular flexibility index (Phi) is 5.19. The number of carbonyl (C=O) groups excluding carboxylic acids is 1.